The zero-order valence-corrected chi connectivity index (χ0v) is 19.9. The Labute approximate surface area is 209 Å². The number of benzene rings is 3. The number of nitrogens with zero attached hydrogens (tertiary/aromatic N) is 4. The van der Waals surface area contributed by atoms with E-state index < -0.39 is 0 Å². The van der Waals surface area contributed by atoms with Gasteiger partial charge in [-0.3, -0.25) is 4.90 Å². The molecule has 3 aromatic carbocycles. The summed E-state index contributed by atoms with van der Waals surface area (Å²) in [5.74, 6) is 0.805. The number of rotatable bonds is 3. The summed E-state index contributed by atoms with van der Waals surface area (Å²) in [5, 5.41) is 11.0. The molecule has 5 nitrogen and oxygen atoms in total. The van der Waals surface area contributed by atoms with E-state index in [4.69, 9.17) is 34.5 Å². The highest BCUT2D eigenvalue weighted by Gasteiger charge is 2.35. The standard InChI is InChI=1S/C27H22Cl2N4O/c1-31-22-7-8-23-25(10-13-34-27(23)15-22)32-11-12-33(24-9-6-21(29)14-19(24)16-30)26(17-32)18-2-4-20(28)5-3-18/h2-9,14-15,25-26H,10-13,17H2/t25?,26-/m0/s1. The van der Waals surface area contributed by atoms with E-state index in [9.17, 15) is 5.26 Å². The Morgan fingerprint density at radius 3 is 2.53 bits per heavy atom. The average molecular weight is 489 g/mol. The van der Waals surface area contributed by atoms with Crippen LogP contribution >= 0.6 is 23.2 Å². The molecular weight excluding hydrogens is 467 g/mol. The molecule has 2 aliphatic rings. The number of ether oxygens (including phenoxy) is 1. The second-order valence-corrected chi connectivity index (χ2v) is 9.39. The van der Waals surface area contributed by atoms with Gasteiger partial charge in [0.15, 0.2) is 5.69 Å². The van der Waals surface area contributed by atoms with Crippen molar-refractivity contribution in [2.75, 3.05) is 31.1 Å². The van der Waals surface area contributed by atoms with Crippen molar-refractivity contribution in [3.05, 3.63) is 98.8 Å². The number of hydrogen-bond acceptors (Lipinski definition) is 4. The van der Waals surface area contributed by atoms with Gasteiger partial charge in [-0.05, 0) is 42.0 Å². The van der Waals surface area contributed by atoms with Crippen LogP contribution in [0.5, 0.6) is 5.75 Å². The van der Waals surface area contributed by atoms with Crippen LogP contribution in [0.4, 0.5) is 11.4 Å². The van der Waals surface area contributed by atoms with Gasteiger partial charge in [0.1, 0.15) is 11.8 Å². The topological polar surface area (TPSA) is 43.9 Å². The molecule has 0 aliphatic carbocycles. The number of halogens is 2. The summed E-state index contributed by atoms with van der Waals surface area (Å²) in [7, 11) is 0. The molecule has 34 heavy (non-hydrogen) atoms. The summed E-state index contributed by atoms with van der Waals surface area (Å²) in [6, 6.07) is 21.8. The number of piperazine rings is 1. The van der Waals surface area contributed by atoms with Crippen LogP contribution in [0.1, 0.15) is 35.2 Å². The predicted octanol–water partition coefficient (Wildman–Crippen LogP) is 6.80. The molecule has 0 spiro atoms. The minimum absolute atomic E-state index is 0.0353. The van der Waals surface area contributed by atoms with Gasteiger partial charge < -0.3 is 9.64 Å². The fourth-order valence-electron chi connectivity index (χ4n) is 5.00. The molecule has 5 rings (SSSR count). The van der Waals surface area contributed by atoms with Crippen LogP contribution < -0.4 is 9.64 Å². The van der Waals surface area contributed by atoms with E-state index in [1.807, 2.05) is 42.5 Å². The van der Waals surface area contributed by atoms with E-state index in [1.165, 1.54) is 0 Å². The highest BCUT2D eigenvalue weighted by molar-refractivity contribution is 6.31. The number of nitriles is 1. The minimum atomic E-state index is 0.0353. The van der Waals surface area contributed by atoms with Crippen LogP contribution in [0.25, 0.3) is 4.85 Å². The van der Waals surface area contributed by atoms with Crippen molar-refractivity contribution in [3.63, 3.8) is 0 Å². The van der Waals surface area contributed by atoms with Gasteiger partial charge in [-0.15, -0.1) is 0 Å². The van der Waals surface area contributed by atoms with E-state index in [1.54, 1.807) is 6.07 Å². The smallest absolute Gasteiger partial charge is 0.190 e. The summed E-state index contributed by atoms with van der Waals surface area (Å²) in [6.07, 6.45) is 0.891. The molecule has 3 aromatic rings. The maximum atomic E-state index is 9.78. The molecule has 0 saturated carbocycles. The van der Waals surface area contributed by atoms with Gasteiger partial charge in [-0.1, -0.05) is 47.5 Å². The third kappa shape index (κ3) is 4.31. The second-order valence-electron chi connectivity index (χ2n) is 8.52. The second kappa shape index (κ2) is 9.57. The zero-order chi connectivity index (χ0) is 23.7. The number of fused-ring (bicyclic) bond motifs is 1. The third-order valence-corrected chi connectivity index (χ3v) is 7.12. The van der Waals surface area contributed by atoms with E-state index in [0.717, 1.165) is 48.6 Å². The largest absolute Gasteiger partial charge is 0.494 e. The van der Waals surface area contributed by atoms with E-state index in [0.29, 0.717) is 27.9 Å². The lowest BCUT2D eigenvalue weighted by Gasteiger charge is -2.47. The normalized spacial score (nSPS) is 20.1. The van der Waals surface area contributed by atoms with Crippen molar-refractivity contribution in [1.29, 1.82) is 5.26 Å². The molecule has 2 aliphatic heterocycles. The van der Waals surface area contributed by atoms with E-state index >= 15 is 0 Å². The third-order valence-electron chi connectivity index (χ3n) is 6.63. The molecule has 0 N–H and O–H groups in total. The fraction of sp³-hybridized carbons (Fsp3) is 0.259. The Kier molecular flexibility index (Phi) is 6.35. The molecule has 0 aromatic heterocycles. The first kappa shape index (κ1) is 22.6. The first-order chi connectivity index (χ1) is 16.6. The molecule has 0 radical (unpaired) electrons. The highest BCUT2D eigenvalue weighted by Crippen LogP contribution is 2.42. The van der Waals surface area contributed by atoms with Crippen LogP contribution in [0.2, 0.25) is 10.0 Å². The van der Waals surface area contributed by atoms with Gasteiger partial charge in [0.25, 0.3) is 0 Å². The van der Waals surface area contributed by atoms with Crippen molar-refractivity contribution < 1.29 is 4.74 Å². The average Bonchev–Trinajstić information content (AvgIpc) is 2.88. The molecule has 1 saturated heterocycles. The molecule has 1 unspecified atom stereocenters. The van der Waals surface area contributed by atoms with Crippen LogP contribution in [0.3, 0.4) is 0 Å². The Balaban J connectivity index is 1.51. The molecule has 0 bridgehead atoms. The van der Waals surface area contributed by atoms with Gasteiger partial charge >= 0.3 is 0 Å². The number of hydrogen-bond donors (Lipinski definition) is 0. The summed E-state index contributed by atoms with van der Waals surface area (Å²) in [6.45, 7) is 10.3. The van der Waals surface area contributed by atoms with Gasteiger partial charge in [0.05, 0.1) is 30.5 Å². The molecule has 1 fully saturated rings. The first-order valence-electron chi connectivity index (χ1n) is 11.2. The summed E-state index contributed by atoms with van der Waals surface area (Å²) < 4.78 is 5.90. The zero-order valence-electron chi connectivity index (χ0n) is 18.4. The predicted molar refractivity (Wildman–Crippen MR) is 135 cm³/mol. The fourth-order valence-corrected chi connectivity index (χ4v) is 5.30. The van der Waals surface area contributed by atoms with Crippen LogP contribution in [-0.4, -0.2) is 31.1 Å². The Morgan fingerprint density at radius 2 is 1.76 bits per heavy atom. The van der Waals surface area contributed by atoms with Gasteiger partial charge in [0.2, 0.25) is 0 Å². The molecule has 7 heteroatoms. The lowest BCUT2D eigenvalue weighted by atomic mass is 9.94. The van der Waals surface area contributed by atoms with E-state index in [2.05, 4.69) is 32.8 Å². The van der Waals surface area contributed by atoms with Crippen LogP contribution in [0.15, 0.2) is 60.7 Å². The van der Waals surface area contributed by atoms with Crippen molar-refractivity contribution in [1.82, 2.24) is 4.90 Å². The minimum Gasteiger partial charge on any atom is -0.494 e. The van der Waals surface area contributed by atoms with Crippen molar-refractivity contribution in [2.45, 2.75) is 18.5 Å². The summed E-state index contributed by atoms with van der Waals surface area (Å²) in [4.78, 5) is 8.34. The van der Waals surface area contributed by atoms with Crippen molar-refractivity contribution in [2.24, 2.45) is 0 Å². The molecule has 2 heterocycles. The SMILES string of the molecule is [C-]#[N+]c1ccc2c(c1)OCCC2N1CCN(c2ccc(Cl)cc2C#N)[C@H](c2ccc(Cl)cc2)C1. The van der Waals surface area contributed by atoms with Gasteiger partial charge in [-0.2, -0.15) is 5.26 Å². The quantitative estimate of drug-likeness (QED) is 0.380. The van der Waals surface area contributed by atoms with Crippen LogP contribution in [0, 0.1) is 17.9 Å². The Hall–Kier alpha value is -3.22. The molecule has 2 atom stereocenters. The summed E-state index contributed by atoms with van der Waals surface area (Å²) in [5.41, 5.74) is 4.33. The van der Waals surface area contributed by atoms with Crippen LogP contribution in [-0.2, 0) is 0 Å². The maximum Gasteiger partial charge on any atom is 0.190 e. The molecule has 170 valence electrons. The Morgan fingerprint density at radius 1 is 0.971 bits per heavy atom. The van der Waals surface area contributed by atoms with E-state index in [-0.39, 0.29) is 12.1 Å². The highest BCUT2D eigenvalue weighted by atomic mass is 35.5. The Bertz CT molecular complexity index is 1300. The maximum absolute atomic E-state index is 9.78. The monoisotopic (exact) mass is 488 g/mol. The summed E-state index contributed by atoms with van der Waals surface area (Å²) >= 11 is 12.4. The van der Waals surface area contributed by atoms with Crippen molar-refractivity contribution >= 4 is 34.6 Å². The lowest BCUT2D eigenvalue weighted by molar-refractivity contribution is 0.117. The lowest BCUT2D eigenvalue weighted by Crippen LogP contribution is -2.50. The molecular formula is C27H22Cl2N4O. The van der Waals surface area contributed by atoms with Gasteiger partial charge in [0, 0.05) is 47.7 Å². The molecule has 0 amide bonds. The number of anilines is 1. The van der Waals surface area contributed by atoms with Gasteiger partial charge in [-0.25, -0.2) is 4.85 Å². The van der Waals surface area contributed by atoms with Crippen molar-refractivity contribution in [3.8, 4) is 11.8 Å². The first-order valence-corrected chi connectivity index (χ1v) is 11.9.